The number of aromatic amines is 1. The van der Waals surface area contributed by atoms with E-state index in [1.807, 2.05) is 30.5 Å². The number of H-pyrrole nitrogens is 1. The third kappa shape index (κ3) is 7.57. The van der Waals surface area contributed by atoms with Crippen LogP contribution in [0.4, 0.5) is 0 Å². The predicted octanol–water partition coefficient (Wildman–Crippen LogP) is 0.372. The molecule has 0 aliphatic carbocycles. The van der Waals surface area contributed by atoms with Gasteiger partial charge in [-0.05, 0) is 55.0 Å². The number of nitrogens with two attached hydrogens (primary N) is 1. The fourth-order valence-electron chi connectivity index (χ4n) is 4.60. The van der Waals surface area contributed by atoms with Crippen molar-refractivity contribution in [2.75, 3.05) is 13.1 Å². The summed E-state index contributed by atoms with van der Waals surface area (Å²) < 4.78 is 0. The first-order chi connectivity index (χ1) is 18.8. The van der Waals surface area contributed by atoms with Crippen LogP contribution >= 0.6 is 0 Å². The molecule has 3 atom stereocenters. The molecule has 1 saturated heterocycles. The molecule has 39 heavy (non-hydrogen) atoms. The molecule has 1 aliphatic rings. The number of unbranched alkanes of at least 4 members (excludes halogenated alkanes) is 1. The molecule has 1 fully saturated rings. The maximum atomic E-state index is 13.1. The average molecular weight is 535 g/mol. The van der Waals surface area contributed by atoms with Crippen LogP contribution in [-0.4, -0.2) is 64.9 Å². The van der Waals surface area contributed by atoms with Crippen LogP contribution in [0.25, 0.3) is 10.9 Å². The van der Waals surface area contributed by atoms with Gasteiger partial charge >= 0.3 is 0 Å². The van der Waals surface area contributed by atoms with Crippen LogP contribution < -0.4 is 27.0 Å². The molecule has 0 saturated carbocycles. The van der Waals surface area contributed by atoms with E-state index in [2.05, 4.69) is 26.3 Å². The zero-order valence-electron chi connectivity index (χ0n) is 21.5. The number of aromatic nitrogens is 1. The van der Waals surface area contributed by atoms with E-state index in [1.54, 1.807) is 24.3 Å². The van der Waals surface area contributed by atoms with E-state index in [9.17, 15) is 24.3 Å². The summed E-state index contributed by atoms with van der Waals surface area (Å²) in [6.45, 7) is 0.150. The van der Waals surface area contributed by atoms with E-state index in [-0.39, 0.29) is 24.6 Å². The van der Waals surface area contributed by atoms with Crippen molar-refractivity contribution in [2.24, 2.45) is 5.73 Å². The first-order valence-electron chi connectivity index (χ1n) is 13.0. The van der Waals surface area contributed by atoms with Crippen LogP contribution in [0.1, 0.15) is 30.4 Å². The Bertz CT molecular complexity index is 1320. The summed E-state index contributed by atoms with van der Waals surface area (Å²) in [5.74, 6) is -1.43. The second-order valence-corrected chi connectivity index (χ2v) is 9.73. The summed E-state index contributed by atoms with van der Waals surface area (Å²) in [4.78, 5) is 53.6. The van der Waals surface area contributed by atoms with Crippen LogP contribution in [-0.2, 0) is 32.0 Å². The fourth-order valence-corrected chi connectivity index (χ4v) is 4.60. The van der Waals surface area contributed by atoms with E-state index < -0.39 is 35.8 Å². The van der Waals surface area contributed by atoms with Crippen molar-refractivity contribution < 1.29 is 24.3 Å². The smallest absolute Gasteiger partial charge is 0.243 e. The molecule has 0 unspecified atom stereocenters. The molecule has 1 aromatic heterocycles. The number of benzene rings is 2. The minimum Gasteiger partial charge on any atom is -0.508 e. The third-order valence-electron chi connectivity index (χ3n) is 6.75. The zero-order chi connectivity index (χ0) is 27.8. The number of carbonyl (C=O) groups excluding carboxylic acids is 4. The van der Waals surface area contributed by atoms with Crippen molar-refractivity contribution in [1.82, 2.24) is 26.3 Å². The molecule has 1 aliphatic heterocycles. The van der Waals surface area contributed by atoms with Gasteiger partial charge < -0.3 is 37.1 Å². The normalized spacial score (nSPS) is 18.7. The quantitative estimate of drug-likeness (QED) is 0.185. The van der Waals surface area contributed by atoms with Gasteiger partial charge in [0.25, 0.3) is 0 Å². The second-order valence-electron chi connectivity index (χ2n) is 9.73. The molecule has 11 heteroatoms. The fraction of sp³-hybridized carbons (Fsp3) is 0.357. The molecule has 0 radical (unpaired) electrons. The SMILES string of the molecule is N[C@@H](Cc1ccc(O)cc1)C(=O)NCCCC[C@H]1NC(=O)CNC(=O)[C@H](Cc2c[nH]c3ccccc23)NC1=O. The van der Waals surface area contributed by atoms with Crippen molar-refractivity contribution in [3.63, 3.8) is 0 Å². The predicted molar refractivity (Wildman–Crippen MR) is 146 cm³/mol. The topological polar surface area (TPSA) is 178 Å². The first-order valence-corrected chi connectivity index (χ1v) is 13.0. The molecule has 0 spiro atoms. The number of para-hydroxylation sites is 1. The third-order valence-corrected chi connectivity index (χ3v) is 6.75. The van der Waals surface area contributed by atoms with Crippen molar-refractivity contribution >= 4 is 34.5 Å². The number of rotatable bonds is 10. The van der Waals surface area contributed by atoms with Gasteiger partial charge in [0.1, 0.15) is 17.8 Å². The lowest BCUT2D eigenvalue weighted by molar-refractivity contribution is -0.129. The lowest BCUT2D eigenvalue weighted by Crippen LogP contribution is -2.51. The van der Waals surface area contributed by atoms with Gasteiger partial charge in [-0.15, -0.1) is 0 Å². The summed E-state index contributed by atoms with van der Waals surface area (Å²) in [7, 11) is 0. The Kier molecular flexibility index (Phi) is 9.16. The molecular formula is C28H34N6O5. The Hall–Kier alpha value is -4.38. The second kappa shape index (κ2) is 12.9. The van der Waals surface area contributed by atoms with Gasteiger partial charge in [-0.2, -0.15) is 0 Å². The van der Waals surface area contributed by atoms with Crippen molar-refractivity contribution in [1.29, 1.82) is 0 Å². The summed E-state index contributed by atoms with van der Waals surface area (Å²) in [6, 6.07) is 11.9. The molecule has 206 valence electrons. The summed E-state index contributed by atoms with van der Waals surface area (Å²) in [6.07, 6.45) is 3.92. The Morgan fingerprint density at radius 3 is 2.56 bits per heavy atom. The number of nitrogens with one attached hydrogen (secondary N) is 5. The highest BCUT2D eigenvalue weighted by molar-refractivity contribution is 5.96. The Balaban J connectivity index is 1.26. The van der Waals surface area contributed by atoms with E-state index in [0.717, 1.165) is 22.0 Å². The molecular weight excluding hydrogens is 500 g/mol. The van der Waals surface area contributed by atoms with E-state index in [4.69, 9.17) is 5.73 Å². The van der Waals surface area contributed by atoms with Gasteiger partial charge in [-0.25, -0.2) is 0 Å². The standard InChI is InChI=1S/C28H34N6O5/c29-21(13-17-8-10-19(35)11-9-17)26(37)30-12-4-3-7-23-28(39)34-24(27(38)32-16-25(36)33-23)14-18-15-31-22-6-2-1-5-20(18)22/h1-2,5-6,8-11,15,21,23-24,31,35H,3-4,7,12-14,16,29H2,(H,30,37)(H,32,38)(H,33,36)(H,34,39)/t21-,23+,24-/m0/s1. The molecule has 4 rings (SSSR count). The minimum absolute atomic E-state index is 0.147. The van der Waals surface area contributed by atoms with E-state index >= 15 is 0 Å². The lowest BCUT2D eigenvalue weighted by atomic mass is 10.0. The number of fused-ring (bicyclic) bond motifs is 1. The molecule has 11 nitrogen and oxygen atoms in total. The summed E-state index contributed by atoms with van der Waals surface area (Å²) >= 11 is 0. The maximum absolute atomic E-state index is 13.1. The van der Waals surface area contributed by atoms with Gasteiger partial charge in [-0.3, -0.25) is 19.2 Å². The molecule has 2 aromatic carbocycles. The van der Waals surface area contributed by atoms with Gasteiger partial charge in [0.2, 0.25) is 23.6 Å². The molecule has 3 aromatic rings. The van der Waals surface area contributed by atoms with Crippen molar-refractivity contribution in [2.45, 2.75) is 50.2 Å². The zero-order valence-corrected chi connectivity index (χ0v) is 21.5. The Morgan fingerprint density at radius 2 is 1.77 bits per heavy atom. The monoisotopic (exact) mass is 534 g/mol. The number of aromatic hydroxyl groups is 1. The molecule has 2 heterocycles. The number of amides is 4. The van der Waals surface area contributed by atoms with Gasteiger partial charge in [0, 0.05) is 30.1 Å². The highest BCUT2D eigenvalue weighted by Crippen LogP contribution is 2.19. The van der Waals surface area contributed by atoms with Crippen molar-refractivity contribution in [3.8, 4) is 5.75 Å². The Labute approximate surface area is 225 Å². The largest absolute Gasteiger partial charge is 0.508 e. The minimum atomic E-state index is -0.832. The average Bonchev–Trinajstić information content (AvgIpc) is 3.35. The van der Waals surface area contributed by atoms with Crippen LogP contribution in [0.2, 0.25) is 0 Å². The lowest BCUT2D eigenvalue weighted by Gasteiger charge is -2.20. The molecule has 0 bridgehead atoms. The molecule has 8 N–H and O–H groups in total. The number of phenols is 1. The van der Waals surface area contributed by atoms with Crippen LogP contribution in [0.15, 0.2) is 54.7 Å². The molecule has 4 amide bonds. The number of hydrogen-bond acceptors (Lipinski definition) is 6. The highest BCUT2D eigenvalue weighted by Gasteiger charge is 2.29. The number of hydrogen-bond donors (Lipinski definition) is 7. The van der Waals surface area contributed by atoms with Crippen molar-refractivity contribution in [3.05, 3.63) is 65.9 Å². The Morgan fingerprint density at radius 1 is 1.00 bits per heavy atom. The summed E-state index contributed by atoms with van der Waals surface area (Å²) in [5, 5.41) is 21.2. The van der Waals surface area contributed by atoms with E-state index in [0.29, 0.717) is 32.2 Å². The summed E-state index contributed by atoms with van der Waals surface area (Å²) in [5.41, 5.74) is 8.66. The van der Waals surface area contributed by atoms with Crippen LogP contribution in [0, 0.1) is 0 Å². The maximum Gasteiger partial charge on any atom is 0.243 e. The highest BCUT2D eigenvalue weighted by atomic mass is 16.3. The van der Waals surface area contributed by atoms with Gasteiger partial charge in [-0.1, -0.05) is 30.3 Å². The van der Waals surface area contributed by atoms with Gasteiger partial charge in [0.05, 0.1) is 12.6 Å². The van der Waals surface area contributed by atoms with Crippen LogP contribution in [0.5, 0.6) is 5.75 Å². The number of carbonyl (C=O) groups is 4. The van der Waals surface area contributed by atoms with Gasteiger partial charge in [0.15, 0.2) is 0 Å². The van der Waals surface area contributed by atoms with E-state index in [1.165, 1.54) is 0 Å². The van der Waals surface area contributed by atoms with Crippen LogP contribution in [0.3, 0.4) is 0 Å². The number of phenolic OH excluding ortho intramolecular Hbond substituents is 1. The first kappa shape index (κ1) is 27.6.